The molecule has 1 fully saturated rings. The van der Waals surface area contributed by atoms with E-state index < -0.39 is 0 Å². The van der Waals surface area contributed by atoms with Gasteiger partial charge in [-0.25, -0.2) is 0 Å². The first-order chi connectivity index (χ1) is 8.68. The van der Waals surface area contributed by atoms with Gasteiger partial charge in [-0.05, 0) is 50.2 Å². The van der Waals surface area contributed by atoms with Gasteiger partial charge in [0.25, 0.3) is 0 Å². The molecule has 1 aromatic heterocycles. The van der Waals surface area contributed by atoms with Gasteiger partial charge in [0.2, 0.25) is 5.91 Å². The van der Waals surface area contributed by atoms with Crippen molar-refractivity contribution in [1.82, 2.24) is 10.2 Å². The number of hydrogen-bond donors (Lipinski definition) is 1. The predicted molar refractivity (Wildman–Crippen MR) is 75.7 cm³/mol. The molecule has 2 rings (SSSR count). The molecule has 0 bridgehead atoms. The summed E-state index contributed by atoms with van der Waals surface area (Å²) in [6, 6.07) is 4.34. The van der Waals surface area contributed by atoms with Crippen LogP contribution in [-0.2, 0) is 4.79 Å². The Kier molecular flexibility index (Phi) is 4.78. The van der Waals surface area contributed by atoms with Crippen molar-refractivity contribution in [3.63, 3.8) is 0 Å². The van der Waals surface area contributed by atoms with Gasteiger partial charge < -0.3 is 10.2 Å². The first-order valence-corrected chi connectivity index (χ1v) is 7.56. The molecule has 1 amide bonds. The second-order valence-corrected chi connectivity index (χ2v) is 6.07. The summed E-state index contributed by atoms with van der Waals surface area (Å²) in [6.07, 6.45) is 2.97. The minimum atomic E-state index is 0.194. The molecule has 0 aliphatic carbocycles. The van der Waals surface area contributed by atoms with E-state index in [1.165, 1.54) is 4.88 Å². The second kappa shape index (κ2) is 6.34. The number of nitrogens with zero attached hydrogens (tertiary/aromatic N) is 1. The predicted octanol–water partition coefficient (Wildman–Crippen LogP) is 2.66. The zero-order chi connectivity index (χ0) is 13.0. The van der Waals surface area contributed by atoms with Gasteiger partial charge in [0, 0.05) is 18.3 Å². The van der Waals surface area contributed by atoms with Crippen molar-refractivity contribution < 1.29 is 4.79 Å². The maximum Gasteiger partial charge on any atom is 0.223 e. The van der Waals surface area contributed by atoms with Crippen LogP contribution >= 0.6 is 11.3 Å². The smallest absolute Gasteiger partial charge is 0.223 e. The summed E-state index contributed by atoms with van der Waals surface area (Å²) in [6.45, 7) is 4.22. The highest BCUT2D eigenvalue weighted by molar-refractivity contribution is 7.10. The van der Waals surface area contributed by atoms with Crippen molar-refractivity contribution in [2.75, 3.05) is 20.1 Å². The summed E-state index contributed by atoms with van der Waals surface area (Å²) in [5.74, 6) is 0.847. The van der Waals surface area contributed by atoms with Crippen LogP contribution in [0.5, 0.6) is 0 Å². The van der Waals surface area contributed by atoms with Crippen LogP contribution in [-0.4, -0.2) is 30.9 Å². The van der Waals surface area contributed by atoms with E-state index in [1.54, 1.807) is 11.3 Å². The van der Waals surface area contributed by atoms with E-state index in [4.69, 9.17) is 0 Å². The molecule has 1 atom stereocenters. The lowest BCUT2D eigenvalue weighted by atomic mass is 9.94. The summed E-state index contributed by atoms with van der Waals surface area (Å²) in [5.41, 5.74) is 0. The van der Waals surface area contributed by atoms with Crippen molar-refractivity contribution >= 4 is 17.2 Å². The fraction of sp³-hybridized carbons (Fsp3) is 0.643. The average molecular weight is 266 g/mol. The van der Waals surface area contributed by atoms with Crippen LogP contribution in [0.3, 0.4) is 0 Å². The van der Waals surface area contributed by atoms with Crippen molar-refractivity contribution in [2.45, 2.75) is 32.2 Å². The molecule has 3 nitrogen and oxygen atoms in total. The number of piperidine rings is 1. The lowest BCUT2D eigenvalue weighted by Gasteiger charge is -2.28. The molecular weight excluding hydrogens is 244 g/mol. The summed E-state index contributed by atoms with van der Waals surface area (Å²) >= 11 is 1.72. The van der Waals surface area contributed by atoms with E-state index in [0.29, 0.717) is 12.3 Å². The molecule has 1 N–H and O–H groups in total. The normalized spacial score (nSPS) is 18.6. The molecule has 0 spiro atoms. The number of hydrogen-bond acceptors (Lipinski definition) is 3. The Bertz CT molecular complexity index is 371. The fourth-order valence-corrected chi connectivity index (χ4v) is 3.24. The summed E-state index contributed by atoms with van der Waals surface area (Å²) < 4.78 is 0. The van der Waals surface area contributed by atoms with Gasteiger partial charge in [-0.2, -0.15) is 0 Å². The number of carbonyl (C=O) groups excluding carboxylic acids is 1. The Hall–Kier alpha value is -0.870. The van der Waals surface area contributed by atoms with E-state index in [-0.39, 0.29) is 11.9 Å². The van der Waals surface area contributed by atoms with Gasteiger partial charge in [-0.15, -0.1) is 11.3 Å². The van der Waals surface area contributed by atoms with Crippen molar-refractivity contribution in [3.8, 4) is 0 Å². The van der Waals surface area contributed by atoms with E-state index in [0.717, 1.165) is 25.9 Å². The molecule has 0 aromatic carbocycles. The van der Waals surface area contributed by atoms with E-state index in [1.807, 2.05) is 18.0 Å². The van der Waals surface area contributed by atoms with Crippen molar-refractivity contribution in [3.05, 3.63) is 22.4 Å². The highest BCUT2D eigenvalue weighted by Crippen LogP contribution is 2.25. The molecule has 0 radical (unpaired) electrons. The minimum Gasteiger partial charge on any atom is -0.338 e. The molecule has 0 saturated carbocycles. The van der Waals surface area contributed by atoms with Crippen LogP contribution in [0.1, 0.15) is 37.1 Å². The SMILES string of the molecule is CC(c1cccs1)N(C)C(=O)CC1CCNCC1. The fourth-order valence-electron chi connectivity index (χ4n) is 2.41. The molecule has 1 saturated heterocycles. The molecule has 1 aromatic rings. The monoisotopic (exact) mass is 266 g/mol. The minimum absolute atomic E-state index is 0.194. The zero-order valence-corrected chi connectivity index (χ0v) is 12.0. The van der Waals surface area contributed by atoms with Gasteiger partial charge in [0.15, 0.2) is 0 Å². The highest BCUT2D eigenvalue weighted by atomic mass is 32.1. The van der Waals surface area contributed by atoms with Gasteiger partial charge in [-0.3, -0.25) is 4.79 Å². The Morgan fingerprint density at radius 3 is 2.89 bits per heavy atom. The molecular formula is C14H22N2OS. The first-order valence-electron chi connectivity index (χ1n) is 6.68. The van der Waals surface area contributed by atoms with Crippen LogP contribution in [0.4, 0.5) is 0 Å². The third-order valence-electron chi connectivity index (χ3n) is 3.85. The molecule has 1 aliphatic rings. The van der Waals surface area contributed by atoms with Crippen LogP contribution in [0.2, 0.25) is 0 Å². The Morgan fingerprint density at radius 2 is 2.28 bits per heavy atom. The van der Waals surface area contributed by atoms with Crippen LogP contribution in [0.25, 0.3) is 0 Å². The van der Waals surface area contributed by atoms with Crippen LogP contribution in [0, 0.1) is 5.92 Å². The molecule has 18 heavy (non-hydrogen) atoms. The molecule has 4 heteroatoms. The number of rotatable bonds is 4. The Labute approximate surface area is 113 Å². The maximum atomic E-state index is 12.3. The third kappa shape index (κ3) is 3.33. The standard InChI is InChI=1S/C14H22N2OS/c1-11(13-4-3-9-18-13)16(2)14(17)10-12-5-7-15-8-6-12/h3-4,9,11-12,15H,5-8,10H2,1-2H3. The zero-order valence-electron chi connectivity index (χ0n) is 11.2. The quantitative estimate of drug-likeness (QED) is 0.908. The second-order valence-electron chi connectivity index (χ2n) is 5.09. The maximum absolute atomic E-state index is 12.3. The third-order valence-corrected chi connectivity index (χ3v) is 4.89. The van der Waals surface area contributed by atoms with Crippen LogP contribution in [0.15, 0.2) is 17.5 Å². The van der Waals surface area contributed by atoms with Gasteiger partial charge >= 0.3 is 0 Å². The summed E-state index contributed by atoms with van der Waals surface area (Å²) in [4.78, 5) is 15.4. The highest BCUT2D eigenvalue weighted by Gasteiger charge is 2.22. The number of carbonyl (C=O) groups is 1. The molecule has 1 aliphatic heterocycles. The summed E-state index contributed by atoms with van der Waals surface area (Å²) in [7, 11) is 1.92. The van der Waals surface area contributed by atoms with E-state index >= 15 is 0 Å². The van der Waals surface area contributed by atoms with Crippen LogP contribution < -0.4 is 5.32 Å². The Morgan fingerprint density at radius 1 is 1.56 bits per heavy atom. The molecule has 1 unspecified atom stereocenters. The summed E-state index contributed by atoms with van der Waals surface area (Å²) in [5, 5.41) is 5.41. The topological polar surface area (TPSA) is 32.3 Å². The number of amides is 1. The number of nitrogens with one attached hydrogen (secondary N) is 1. The Balaban J connectivity index is 1.87. The first kappa shape index (κ1) is 13.6. The number of thiophene rings is 1. The van der Waals surface area contributed by atoms with Gasteiger partial charge in [0.1, 0.15) is 0 Å². The van der Waals surface area contributed by atoms with Gasteiger partial charge in [-0.1, -0.05) is 6.07 Å². The molecule has 100 valence electrons. The van der Waals surface area contributed by atoms with Crippen molar-refractivity contribution in [1.29, 1.82) is 0 Å². The molecule has 2 heterocycles. The van der Waals surface area contributed by atoms with Gasteiger partial charge in [0.05, 0.1) is 6.04 Å². The van der Waals surface area contributed by atoms with E-state index in [9.17, 15) is 4.79 Å². The lowest BCUT2D eigenvalue weighted by molar-refractivity contribution is -0.132. The lowest BCUT2D eigenvalue weighted by Crippen LogP contribution is -2.34. The van der Waals surface area contributed by atoms with E-state index in [2.05, 4.69) is 23.7 Å². The van der Waals surface area contributed by atoms with Crippen molar-refractivity contribution in [2.24, 2.45) is 5.92 Å². The average Bonchev–Trinajstić information content (AvgIpc) is 2.92. The largest absolute Gasteiger partial charge is 0.338 e.